The normalized spacial score (nSPS) is 17.5. The van der Waals surface area contributed by atoms with Crippen molar-refractivity contribution in [1.29, 1.82) is 0 Å². The van der Waals surface area contributed by atoms with E-state index in [0.717, 1.165) is 10.2 Å². The monoisotopic (exact) mass is 474 g/mol. The molecule has 1 amide bonds. The number of hydrogen-bond donors (Lipinski definition) is 1. The Morgan fingerprint density at radius 2 is 1.85 bits per heavy atom. The molecule has 1 aliphatic rings. The van der Waals surface area contributed by atoms with Gasteiger partial charge in [0.05, 0.1) is 26.5 Å². The topological polar surface area (TPSA) is 68.6 Å². The molecule has 180 valence electrons. The molecule has 7 nitrogen and oxygen atoms in total. The number of alkyl halides is 3. The minimum Gasteiger partial charge on any atom is -0.493 e. The number of nitrogens with one attached hydrogen (secondary N) is 1. The second-order valence-corrected chi connectivity index (χ2v) is 8.10. The number of rotatable bonds is 6. The molecule has 1 aromatic heterocycles. The lowest BCUT2D eigenvalue weighted by molar-refractivity contribution is -0.173. The Bertz CT molecular complexity index is 1160. The minimum absolute atomic E-state index is 0.0401. The standard InChI is InChI=1S/C24H25F3N4O3/c1-30(14-15-7-5-4-6-8-15)23(32)17-13-28-31-21(24(25,26)27)12-18(29-22(17)31)16-9-10-19(33-2)20(11-16)34-3/h4-11,13,18,21,29H,12,14H2,1-3H3/t18-,21+/m0/s1. The summed E-state index contributed by atoms with van der Waals surface area (Å²) in [5.41, 5.74) is 1.57. The number of aromatic nitrogens is 2. The smallest absolute Gasteiger partial charge is 0.410 e. The molecule has 2 heterocycles. The summed E-state index contributed by atoms with van der Waals surface area (Å²) in [5, 5.41) is 7.06. The number of fused-ring (bicyclic) bond motifs is 1. The summed E-state index contributed by atoms with van der Waals surface area (Å²) in [6.45, 7) is 0.312. The van der Waals surface area contributed by atoms with Crippen molar-refractivity contribution >= 4 is 11.7 Å². The van der Waals surface area contributed by atoms with Crippen molar-refractivity contribution in [2.24, 2.45) is 0 Å². The van der Waals surface area contributed by atoms with Crippen LogP contribution in [0.3, 0.4) is 0 Å². The van der Waals surface area contributed by atoms with Crippen LogP contribution < -0.4 is 14.8 Å². The number of carbonyl (C=O) groups is 1. The molecule has 3 aromatic rings. The Kier molecular flexibility index (Phi) is 6.41. The van der Waals surface area contributed by atoms with Crippen LogP contribution in [0.25, 0.3) is 0 Å². The van der Waals surface area contributed by atoms with Gasteiger partial charge in [0, 0.05) is 20.0 Å². The Hall–Kier alpha value is -3.69. The van der Waals surface area contributed by atoms with Crippen molar-refractivity contribution in [3.63, 3.8) is 0 Å². The summed E-state index contributed by atoms with van der Waals surface area (Å²) in [7, 11) is 4.55. The predicted molar refractivity (Wildman–Crippen MR) is 120 cm³/mol. The van der Waals surface area contributed by atoms with Crippen LogP contribution in [0, 0.1) is 0 Å². The second-order valence-electron chi connectivity index (χ2n) is 8.10. The third kappa shape index (κ3) is 4.52. The molecule has 1 N–H and O–H groups in total. The molecule has 2 atom stereocenters. The third-order valence-corrected chi connectivity index (χ3v) is 5.89. The molecule has 34 heavy (non-hydrogen) atoms. The molecule has 2 aromatic carbocycles. The van der Waals surface area contributed by atoms with Crippen LogP contribution in [0.5, 0.6) is 11.5 Å². The van der Waals surface area contributed by atoms with E-state index in [1.54, 1.807) is 25.2 Å². The van der Waals surface area contributed by atoms with Crippen molar-refractivity contribution in [2.75, 3.05) is 26.6 Å². The van der Waals surface area contributed by atoms with Crippen LogP contribution in [0.15, 0.2) is 54.7 Å². The summed E-state index contributed by atoms with van der Waals surface area (Å²) in [6.07, 6.45) is -3.64. The quantitative estimate of drug-likeness (QED) is 0.554. The van der Waals surface area contributed by atoms with E-state index in [1.165, 1.54) is 25.3 Å². The van der Waals surface area contributed by atoms with Gasteiger partial charge in [0.2, 0.25) is 0 Å². The van der Waals surface area contributed by atoms with Gasteiger partial charge >= 0.3 is 6.18 Å². The number of nitrogens with zero attached hydrogens (tertiary/aromatic N) is 3. The molecular formula is C24H25F3N4O3. The highest BCUT2D eigenvalue weighted by atomic mass is 19.4. The van der Waals surface area contributed by atoms with Crippen LogP contribution in [0.1, 0.15) is 40.0 Å². The molecule has 0 fully saturated rings. The lowest BCUT2D eigenvalue weighted by Crippen LogP contribution is -2.36. The van der Waals surface area contributed by atoms with Gasteiger partial charge in [-0.05, 0) is 23.3 Å². The Labute approximate surface area is 195 Å². The van der Waals surface area contributed by atoms with Crippen LogP contribution in [-0.4, -0.2) is 48.0 Å². The first kappa shape index (κ1) is 23.5. The van der Waals surface area contributed by atoms with E-state index in [9.17, 15) is 18.0 Å². The highest BCUT2D eigenvalue weighted by Crippen LogP contribution is 2.45. The molecule has 4 rings (SSSR count). The number of ether oxygens (including phenoxy) is 2. The fourth-order valence-corrected chi connectivity index (χ4v) is 4.14. The van der Waals surface area contributed by atoms with Crippen LogP contribution in [-0.2, 0) is 6.54 Å². The Morgan fingerprint density at radius 1 is 1.15 bits per heavy atom. The molecule has 0 saturated heterocycles. The van der Waals surface area contributed by atoms with Crippen molar-refractivity contribution < 1.29 is 27.4 Å². The summed E-state index contributed by atoms with van der Waals surface area (Å²) >= 11 is 0. The number of benzene rings is 2. The number of carbonyl (C=O) groups excluding carboxylic acids is 1. The highest BCUT2D eigenvalue weighted by molar-refractivity contribution is 5.98. The van der Waals surface area contributed by atoms with Gasteiger partial charge in [-0.1, -0.05) is 36.4 Å². The van der Waals surface area contributed by atoms with E-state index < -0.39 is 24.2 Å². The number of anilines is 1. The van der Waals surface area contributed by atoms with Crippen LogP contribution in [0.4, 0.5) is 19.0 Å². The zero-order valence-corrected chi connectivity index (χ0v) is 19.0. The summed E-state index contributed by atoms with van der Waals surface area (Å²) in [6, 6.07) is 11.7. The van der Waals surface area contributed by atoms with Crippen molar-refractivity contribution in [2.45, 2.75) is 31.2 Å². The van der Waals surface area contributed by atoms with Gasteiger partial charge in [-0.15, -0.1) is 0 Å². The molecule has 10 heteroatoms. The van der Waals surface area contributed by atoms with Gasteiger partial charge in [0.25, 0.3) is 5.91 Å². The fraction of sp³-hybridized carbons (Fsp3) is 0.333. The van der Waals surface area contributed by atoms with E-state index >= 15 is 0 Å². The molecule has 0 radical (unpaired) electrons. The first-order valence-electron chi connectivity index (χ1n) is 10.6. The van der Waals surface area contributed by atoms with Gasteiger partial charge in [-0.25, -0.2) is 4.68 Å². The summed E-state index contributed by atoms with van der Waals surface area (Å²) in [4.78, 5) is 14.6. The molecule has 1 aliphatic heterocycles. The van der Waals surface area contributed by atoms with Gasteiger partial charge in [0.1, 0.15) is 11.4 Å². The Morgan fingerprint density at radius 3 is 2.50 bits per heavy atom. The lowest BCUT2D eigenvalue weighted by Gasteiger charge is -2.34. The molecular weight excluding hydrogens is 449 g/mol. The number of methoxy groups -OCH3 is 2. The fourth-order valence-electron chi connectivity index (χ4n) is 4.14. The average molecular weight is 474 g/mol. The van der Waals surface area contributed by atoms with Crippen molar-refractivity contribution in [1.82, 2.24) is 14.7 Å². The van der Waals surface area contributed by atoms with E-state index in [-0.39, 0.29) is 17.8 Å². The van der Waals surface area contributed by atoms with Crippen molar-refractivity contribution in [3.8, 4) is 11.5 Å². The zero-order chi connectivity index (χ0) is 24.5. The molecule has 0 bridgehead atoms. The maximum absolute atomic E-state index is 14.0. The first-order chi connectivity index (χ1) is 16.2. The number of amides is 1. The van der Waals surface area contributed by atoms with Crippen LogP contribution in [0.2, 0.25) is 0 Å². The summed E-state index contributed by atoms with van der Waals surface area (Å²) in [5.74, 6) is 0.492. The van der Waals surface area contributed by atoms with E-state index in [2.05, 4.69) is 10.4 Å². The van der Waals surface area contributed by atoms with Gasteiger partial charge < -0.3 is 19.7 Å². The molecule has 0 aliphatic carbocycles. The largest absolute Gasteiger partial charge is 0.493 e. The van der Waals surface area contributed by atoms with Crippen LogP contribution >= 0.6 is 0 Å². The average Bonchev–Trinajstić information content (AvgIpc) is 3.26. The number of halogens is 3. The second kappa shape index (κ2) is 9.28. The lowest BCUT2D eigenvalue weighted by atomic mass is 9.96. The minimum atomic E-state index is -4.55. The maximum atomic E-state index is 14.0. The van der Waals surface area contributed by atoms with Gasteiger partial charge in [0.15, 0.2) is 17.5 Å². The van der Waals surface area contributed by atoms with E-state index in [0.29, 0.717) is 23.6 Å². The van der Waals surface area contributed by atoms with Crippen molar-refractivity contribution in [3.05, 3.63) is 71.4 Å². The molecule has 0 saturated carbocycles. The predicted octanol–water partition coefficient (Wildman–Crippen LogP) is 4.83. The zero-order valence-electron chi connectivity index (χ0n) is 19.0. The third-order valence-electron chi connectivity index (χ3n) is 5.89. The number of hydrogen-bond acceptors (Lipinski definition) is 5. The van der Waals surface area contributed by atoms with Gasteiger partial charge in [-0.2, -0.15) is 18.3 Å². The highest BCUT2D eigenvalue weighted by Gasteiger charge is 2.47. The van der Waals surface area contributed by atoms with Gasteiger partial charge in [-0.3, -0.25) is 4.79 Å². The maximum Gasteiger partial charge on any atom is 0.410 e. The van der Waals surface area contributed by atoms with E-state index in [1.807, 2.05) is 30.3 Å². The molecule has 0 spiro atoms. The summed E-state index contributed by atoms with van der Waals surface area (Å²) < 4.78 is 53.4. The first-order valence-corrected chi connectivity index (χ1v) is 10.6. The van der Waals surface area contributed by atoms with E-state index in [4.69, 9.17) is 9.47 Å². The Balaban J connectivity index is 1.68. The SMILES string of the molecule is COc1ccc([C@@H]2C[C@H](C(F)(F)F)n3ncc(C(=O)N(C)Cc4ccccc4)c3N2)cc1OC. The molecule has 0 unspecified atom stereocenters.